The first-order valence-corrected chi connectivity index (χ1v) is 34.4. The number of unbranched alkanes of at least 4 members (excludes halogenated alkanes) is 14. The maximum Gasteiger partial charge on any atom is 0.364 e. The quantitative estimate of drug-likeness (QED) is 0.0272. The van der Waals surface area contributed by atoms with Crippen molar-refractivity contribution >= 4 is 29.8 Å². The molecule has 36 heteroatoms. The number of aliphatic hydroxyl groups excluding tert-OH is 16. The fourth-order valence-corrected chi connectivity index (χ4v) is 12.8. The number of nitrogens with one attached hydrogen (secondary N) is 3. The minimum absolute atomic E-state index is 0.0828. The molecule has 0 aromatic carbocycles. The number of aliphatic carboxylic acids is 1. The molecule has 100 heavy (non-hydrogen) atoms. The number of rotatable bonds is 41. The van der Waals surface area contributed by atoms with Crippen LogP contribution in [0.3, 0.4) is 0 Å². The Kier molecular flexibility index (Phi) is 35.1. The summed E-state index contributed by atoms with van der Waals surface area (Å²) >= 11 is 0. The molecule has 2 unspecified atom stereocenters. The molecule has 3 amide bonds. The van der Waals surface area contributed by atoms with Crippen LogP contribution in [-0.4, -0.2) is 326 Å². The first-order chi connectivity index (χ1) is 47.7. The van der Waals surface area contributed by atoms with Crippen LogP contribution in [0.2, 0.25) is 0 Å². The normalized spacial score (nSPS) is 36.2. The van der Waals surface area contributed by atoms with Crippen molar-refractivity contribution in [2.24, 2.45) is 0 Å². The molecular formula is C64H108N4O32. The van der Waals surface area contributed by atoms with Crippen molar-refractivity contribution in [3.8, 4) is 0 Å². The van der Waals surface area contributed by atoms with Gasteiger partial charge in [0.15, 0.2) is 25.2 Å². The zero-order chi connectivity index (χ0) is 73.5. The number of aromatic nitrogens is 1. The molecule has 0 aliphatic carbocycles. The van der Waals surface area contributed by atoms with E-state index in [0.717, 1.165) is 46.0 Å². The molecule has 5 fully saturated rings. The molecule has 36 nitrogen and oxygen atoms in total. The first kappa shape index (κ1) is 84.7. The molecule has 1 aromatic heterocycles. The van der Waals surface area contributed by atoms with Crippen LogP contribution in [0.25, 0.3) is 6.08 Å². The molecule has 0 radical (unpaired) electrons. The highest BCUT2D eigenvalue weighted by Crippen LogP contribution is 2.41. The number of carbonyl (C=O) groups is 4. The Morgan fingerprint density at radius 1 is 0.600 bits per heavy atom. The molecule has 6 rings (SSSR count). The van der Waals surface area contributed by atoms with E-state index in [1.807, 2.05) is 0 Å². The van der Waals surface area contributed by atoms with Gasteiger partial charge in [0.1, 0.15) is 127 Å². The highest BCUT2D eigenvalue weighted by molar-refractivity contribution is 5.77. The van der Waals surface area contributed by atoms with Crippen molar-refractivity contribution in [1.29, 1.82) is 0 Å². The fourth-order valence-electron chi connectivity index (χ4n) is 12.8. The third-order valence-electron chi connectivity index (χ3n) is 18.4. The zero-order valence-electron chi connectivity index (χ0n) is 56.8. The summed E-state index contributed by atoms with van der Waals surface area (Å²) in [6.07, 6.45) is -31.5. The minimum Gasteiger partial charge on any atom is -0.477 e. The van der Waals surface area contributed by atoms with Crippen LogP contribution >= 0.6 is 0 Å². The number of carboxylic acids is 1. The number of carbonyl (C=O) groups excluding carboxylic acids is 3. The van der Waals surface area contributed by atoms with Crippen molar-refractivity contribution in [2.75, 3.05) is 39.6 Å². The van der Waals surface area contributed by atoms with E-state index in [4.69, 9.17) is 51.9 Å². The number of ether oxygens (including phenoxy) is 10. The molecule has 1 aromatic rings. The predicted octanol–water partition coefficient (Wildman–Crippen LogP) is -5.29. The Balaban J connectivity index is 1.25. The molecule has 0 spiro atoms. The monoisotopic (exact) mass is 1440 g/mol. The summed E-state index contributed by atoms with van der Waals surface area (Å²) in [5, 5.41) is 200. The van der Waals surface area contributed by atoms with Gasteiger partial charge in [0, 0.05) is 32.8 Å². The predicted molar refractivity (Wildman–Crippen MR) is 338 cm³/mol. The van der Waals surface area contributed by atoms with E-state index >= 15 is 0 Å². The summed E-state index contributed by atoms with van der Waals surface area (Å²) in [7, 11) is 0. The van der Waals surface area contributed by atoms with E-state index in [1.54, 1.807) is 13.0 Å². The topological polar surface area (TPSA) is 567 Å². The average molecular weight is 1450 g/mol. The molecule has 0 saturated carbocycles. The number of amides is 3. The van der Waals surface area contributed by atoms with Crippen LogP contribution in [0.4, 0.5) is 0 Å². The third-order valence-corrected chi connectivity index (χ3v) is 18.4. The number of aryl methyl sites for hydroxylation is 1. The van der Waals surface area contributed by atoms with Gasteiger partial charge in [-0.1, -0.05) is 108 Å². The van der Waals surface area contributed by atoms with Gasteiger partial charge in [-0.25, -0.2) is 4.79 Å². The van der Waals surface area contributed by atoms with Crippen LogP contribution < -0.4 is 16.0 Å². The lowest BCUT2D eigenvalue weighted by Gasteiger charge is -2.52. The molecule has 576 valence electrons. The lowest BCUT2D eigenvalue weighted by molar-refractivity contribution is -0.403. The van der Waals surface area contributed by atoms with Gasteiger partial charge in [-0.15, -0.1) is 0 Å². The Morgan fingerprint density at radius 3 is 1.65 bits per heavy atom. The molecule has 5 saturated heterocycles. The van der Waals surface area contributed by atoms with Gasteiger partial charge < -0.3 is 155 Å². The second-order valence-electron chi connectivity index (χ2n) is 26.2. The lowest BCUT2D eigenvalue weighted by atomic mass is 9.88. The van der Waals surface area contributed by atoms with Gasteiger partial charge in [0.05, 0.1) is 63.9 Å². The maximum absolute atomic E-state index is 13.8. The van der Waals surface area contributed by atoms with E-state index < -0.39 is 241 Å². The van der Waals surface area contributed by atoms with Crippen LogP contribution in [0.1, 0.15) is 141 Å². The molecule has 5 aliphatic heterocycles. The number of nitrogens with zero attached hydrogens (tertiary/aromatic N) is 1. The molecule has 0 bridgehead atoms. The fraction of sp³-hybridized carbons (Fsp3) is 0.859. The second-order valence-corrected chi connectivity index (χ2v) is 26.2. The standard InChI is InChI=1S/C64H108N4O32/c1-5-6-7-8-9-10-11-12-13-14-15-16-17-18-19-20-43(79)67-35(36(76)22-21-34-23-31(2)100-68-34)30-90-60-52(86)50(84)54(41(28-72)93-60)95-62-53(87)58(99-64(63(88)89)24-37(77)44(65-32(3)74)57(98-64)46(80)38(78)25-69)55(42(29-73)94-62)96-59-45(66-33(4)75)56(48(82)40(27-71)91-59)97-61-51(85)49(83)47(81)39(26-70)92-61/h21-23,35-42,44-62,69-73,76-78,80-87H,5-20,24-30H2,1-4H3,(H,65,74)(H,66,75)(H,67,79)(H,88,89)/b22-21+/t35-,36+,37-,38+,39+,40+,41+,42+,44?,45+,46+,47-,48-,49-,50+,51+,52+,53+,54+,55-,56+,57?,58+,59-,60+,61-,62-,64-/m0/s1. The molecule has 6 heterocycles. The van der Waals surface area contributed by atoms with Crippen molar-refractivity contribution < 1.29 is 158 Å². The van der Waals surface area contributed by atoms with Crippen LogP contribution in [0, 0.1) is 6.92 Å². The summed E-state index contributed by atoms with van der Waals surface area (Å²) in [5.74, 6) is -7.35. The Hall–Kier alpha value is -4.21. The largest absolute Gasteiger partial charge is 0.477 e. The molecule has 20 N–H and O–H groups in total. The average Bonchev–Trinajstić information content (AvgIpc) is 1.74. The Labute approximate surface area is 578 Å². The van der Waals surface area contributed by atoms with Gasteiger partial charge in [0.25, 0.3) is 5.79 Å². The number of aliphatic hydroxyl groups is 16. The first-order valence-electron chi connectivity index (χ1n) is 34.4. The van der Waals surface area contributed by atoms with E-state index in [9.17, 15) is 106 Å². The van der Waals surface area contributed by atoms with E-state index in [1.165, 1.54) is 69.9 Å². The van der Waals surface area contributed by atoms with Crippen molar-refractivity contribution in [2.45, 2.75) is 308 Å². The van der Waals surface area contributed by atoms with Crippen molar-refractivity contribution in [3.63, 3.8) is 0 Å². The van der Waals surface area contributed by atoms with Crippen LogP contribution in [-0.2, 0) is 66.5 Å². The van der Waals surface area contributed by atoms with E-state index in [2.05, 4.69) is 28.0 Å². The SMILES string of the molecule is CCCCCCCCCCCCCCCCCC(=O)N[C@@H](CO[C@@H]1O[C@H](CO)[C@@H](O[C@@H]2O[C@H](CO)[C@H](O[C@@H]3O[C@H](CO)[C@H](O)[C@H](O[C@@H]4O[C@H](CO)[C@H](O)[C@H](O)[C@H]4O)[C@H]3NC(C)=O)[C@H](O[C@]3(C(=O)O)C[C@H](O)C(NC(C)=O)C([C@H](O)[C@H](O)CO)O3)[C@H]2O)[C@H](O)[C@H]1O)[C@H](O)/C=C/c1cc(C)on1. The number of carboxylic acid groups (broad SMARTS) is 1. The van der Waals surface area contributed by atoms with E-state index in [0.29, 0.717) is 17.9 Å². The second kappa shape index (κ2) is 41.5. The van der Waals surface area contributed by atoms with Gasteiger partial charge in [-0.05, 0) is 19.4 Å². The highest BCUT2D eigenvalue weighted by atomic mass is 16.8. The minimum atomic E-state index is -3.39. The van der Waals surface area contributed by atoms with Gasteiger partial charge in [0.2, 0.25) is 17.7 Å². The summed E-state index contributed by atoms with van der Waals surface area (Å²) in [5.41, 5.74) is 0.328. The zero-order valence-corrected chi connectivity index (χ0v) is 56.8. The molecular weight excluding hydrogens is 1340 g/mol. The maximum atomic E-state index is 13.8. The lowest BCUT2D eigenvalue weighted by Crippen LogP contribution is -2.72. The van der Waals surface area contributed by atoms with Crippen LogP contribution in [0.5, 0.6) is 0 Å². The van der Waals surface area contributed by atoms with Crippen LogP contribution in [0.15, 0.2) is 16.7 Å². The number of hydrogen-bond acceptors (Lipinski definition) is 32. The molecule has 5 aliphatic rings. The van der Waals surface area contributed by atoms with Gasteiger partial charge >= 0.3 is 5.97 Å². The van der Waals surface area contributed by atoms with Crippen molar-refractivity contribution in [1.82, 2.24) is 21.1 Å². The van der Waals surface area contributed by atoms with Gasteiger partial charge in [-0.2, -0.15) is 0 Å². The smallest absolute Gasteiger partial charge is 0.364 e. The third kappa shape index (κ3) is 23.1. The molecule has 28 atom stereocenters. The summed E-state index contributed by atoms with van der Waals surface area (Å²) < 4.78 is 64.8. The highest BCUT2D eigenvalue weighted by Gasteiger charge is 2.62. The summed E-state index contributed by atoms with van der Waals surface area (Å²) in [6.45, 7) is -0.412. The summed E-state index contributed by atoms with van der Waals surface area (Å²) in [4.78, 5) is 52.7. The Morgan fingerprint density at radius 2 is 1.10 bits per heavy atom. The Bertz CT molecular complexity index is 2610. The van der Waals surface area contributed by atoms with Crippen molar-refractivity contribution in [3.05, 3.63) is 23.6 Å². The summed E-state index contributed by atoms with van der Waals surface area (Å²) in [6, 6.07) is -3.35. The van der Waals surface area contributed by atoms with Gasteiger partial charge in [-0.3, -0.25) is 14.4 Å². The van der Waals surface area contributed by atoms with E-state index in [-0.39, 0.29) is 6.42 Å². The number of hydrogen-bond donors (Lipinski definition) is 20.